The Morgan fingerprint density at radius 3 is 2.31 bits per heavy atom. The highest BCUT2D eigenvalue weighted by molar-refractivity contribution is 5.81. The summed E-state index contributed by atoms with van der Waals surface area (Å²) in [5.74, 6) is 0.128. The molecule has 0 aromatic rings. The summed E-state index contributed by atoms with van der Waals surface area (Å²) >= 11 is 0. The maximum Gasteiger partial charge on any atom is 0.159 e. The zero-order valence-corrected chi connectivity index (χ0v) is 9.52. The molecule has 78 valence electrons. The minimum atomic E-state index is -0.251. The molecule has 0 saturated carbocycles. The molecule has 2 nitrogen and oxygen atoms in total. The van der Waals surface area contributed by atoms with Gasteiger partial charge in [-0.3, -0.25) is 4.79 Å². The van der Waals surface area contributed by atoms with Gasteiger partial charge in [0.2, 0.25) is 0 Å². The topological polar surface area (TPSA) is 26.3 Å². The van der Waals surface area contributed by atoms with Crippen molar-refractivity contribution in [3.8, 4) is 0 Å². The van der Waals surface area contributed by atoms with Crippen LogP contribution in [0.15, 0.2) is 0 Å². The van der Waals surface area contributed by atoms with Crippen LogP contribution in [-0.2, 0) is 9.53 Å². The SMILES string of the molecule is CCCCC(C)(C)C(OC)C(C)=O. The highest BCUT2D eigenvalue weighted by Crippen LogP contribution is 2.29. The van der Waals surface area contributed by atoms with Crippen LogP contribution in [-0.4, -0.2) is 19.0 Å². The minimum Gasteiger partial charge on any atom is -0.373 e. The lowest BCUT2D eigenvalue weighted by Gasteiger charge is -2.31. The summed E-state index contributed by atoms with van der Waals surface area (Å²) in [5.41, 5.74) is -0.0312. The van der Waals surface area contributed by atoms with E-state index < -0.39 is 0 Å². The Morgan fingerprint density at radius 2 is 2.00 bits per heavy atom. The van der Waals surface area contributed by atoms with E-state index in [4.69, 9.17) is 4.74 Å². The van der Waals surface area contributed by atoms with Gasteiger partial charge in [0.15, 0.2) is 5.78 Å². The lowest BCUT2D eigenvalue weighted by molar-refractivity contribution is -0.133. The van der Waals surface area contributed by atoms with Crippen LogP contribution in [0.5, 0.6) is 0 Å². The summed E-state index contributed by atoms with van der Waals surface area (Å²) in [5, 5.41) is 0. The number of hydrogen-bond acceptors (Lipinski definition) is 2. The smallest absolute Gasteiger partial charge is 0.159 e. The molecule has 0 heterocycles. The molecule has 0 spiro atoms. The Labute approximate surface area is 81.7 Å². The number of ketones is 1. The summed E-state index contributed by atoms with van der Waals surface area (Å²) in [6.45, 7) is 7.95. The van der Waals surface area contributed by atoms with E-state index in [-0.39, 0.29) is 17.3 Å². The zero-order valence-electron chi connectivity index (χ0n) is 9.52. The molecule has 0 amide bonds. The van der Waals surface area contributed by atoms with Crippen LogP contribution in [0, 0.1) is 5.41 Å². The zero-order chi connectivity index (χ0) is 10.5. The standard InChI is InChI=1S/C11H22O2/c1-6-7-8-11(3,4)10(13-5)9(2)12/h10H,6-8H2,1-5H3. The molecule has 0 aliphatic heterocycles. The molecule has 0 N–H and O–H groups in total. The molecular formula is C11H22O2. The Kier molecular flexibility index (Phi) is 5.23. The van der Waals surface area contributed by atoms with Crippen LogP contribution in [0.25, 0.3) is 0 Å². The van der Waals surface area contributed by atoms with Gasteiger partial charge in [-0.05, 0) is 18.8 Å². The van der Waals surface area contributed by atoms with E-state index in [1.54, 1.807) is 14.0 Å². The van der Waals surface area contributed by atoms with Crippen molar-refractivity contribution < 1.29 is 9.53 Å². The number of methoxy groups -OCH3 is 1. The lowest BCUT2D eigenvalue weighted by atomic mass is 9.80. The van der Waals surface area contributed by atoms with Gasteiger partial charge in [0.1, 0.15) is 6.10 Å². The fourth-order valence-electron chi connectivity index (χ4n) is 1.80. The number of ether oxygens (including phenoxy) is 1. The predicted octanol–water partition coefficient (Wildman–Crippen LogP) is 2.81. The number of rotatable bonds is 6. The van der Waals surface area contributed by atoms with Gasteiger partial charge in [-0.25, -0.2) is 0 Å². The molecule has 0 bridgehead atoms. The van der Waals surface area contributed by atoms with E-state index in [1.165, 1.54) is 0 Å². The first kappa shape index (κ1) is 12.6. The first-order chi connectivity index (χ1) is 5.95. The van der Waals surface area contributed by atoms with E-state index in [2.05, 4.69) is 20.8 Å². The van der Waals surface area contributed by atoms with Gasteiger partial charge in [-0.15, -0.1) is 0 Å². The van der Waals surface area contributed by atoms with Crippen LogP contribution in [0.4, 0.5) is 0 Å². The van der Waals surface area contributed by atoms with Crippen LogP contribution >= 0.6 is 0 Å². The van der Waals surface area contributed by atoms with Crippen LogP contribution in [0.1, 0.15) is 47.0 Å². The van der Waals surface area contributed by atoms with E-state index in [1.807, 2.05) is 0 Å². The summed E-state index contributed by atoms with van der Waals surface area (Å²) in [6, 6.07) is 0. The molecule has 1 atom stereocenters. The second-order valence-electron chi connectivity index (χ2n) is 4.32. The van der Waals surface area contributed by atoms with E-state index in [0.717, 1.165) is 19.3 Å². The van der Waals surface area contributed by atoms with Crippen molar-refractivity contribution in [2.75, 3.05) is 7.11 Å². The van der Waals surface area contributed by atoms with E-state index >= 15 is 0 Å². The summed E-state index contributed by atoms with van der Waals surface area (Å²) in [4.78, 5) is 11.3. The Morgan fingerprint density at radius 1 is 1.46 bits per heavy atom. The van der Waals surface area contributed by atoms with Gasteiger partial charge >= 0.3 is 0 Å². The van der Waals surface area contributed by atoms with Gasteiger partial charge in [0.05, 0.1) is 0 Å². The maximum absolute atomic E-state index is 11.3. The van der Waals surface area contributed by atoms with Gasteiger partial charge in [-0.2, -0.15) is 0 Å². The molecule has 0 aromatic carbocycles. The Bertz CT molecular complexity index is 161. The Balaban J connectivity index is 4.28. The third-order valence-corrected chi connectivity index (χ3v) is 2.49. The molecule has 0 saturated heterocycles. The number of carbonyl (C=O) groups is 1. The van der Waals surface area contributed by atoms with Gasteiger partial charge in [0.25, 0.3) is 0 Å². The molecule has 0 rings (SSSR count). The number of unbranched alkanes of at least 4 members (excludes halogenated alkanes) is 1. The predicted molar refractivity (Wildman–Crippen MR) is 54.8 cm³/mol. The van der Waals surface area contributed by atoms with Crippen molar-refractivity contribution in [3.63, 3.8) is 0 Å². The first-order valence-corrected chi connectivity index (χ1v) is 4.99. The van der Waals surface area contributed by atoms with E-state index in [0.29, 0.717) is 0 Å². The van der Waals surface area contributed by atoms with Crippen molar-refractivity contribution >= 4 is 5.78 Å². The average molecular weight is 186 g/mol. The molecular weight excluding hydrogens is 164 g/mol. The van der Waals surface area contributed by atoms with Gasteiger partial charge in [-0.1, -0.05) is 33.6 Å². The molecule has 2 heteroatoms. The summed E-state index contributed by atoms with van der Waals surface area (Å²) in [7, 11) is 1.61. The van der Waals surface area contributed by atoms with Crippen molar-refractivity contribution in [1.29, 1.82) is 0 Å². The van der Waals surface area contributed by atoms with Crippen LogP contribution in [0.2, 0.25) is 0 Å². The second kappa shape index (κ2) is 5.38. The van der Waals surface area contributed by atoms with Crippen LogP contribution in [0.3, 0.4) is 0 Å². The summed E-state index contributed by atoms with van der Waals surface area (Å²) < 4.78 is 5.22. The average Bonchev–Trinajstić information content (AvgIpc) is 2.01. The molecule has 13 heavy (non-hydrogen) atoms. The Hall–Kier alpha value is -0.370. The number of carbonyl (C=O) groups excluding carboxylic acids is 1. The molecule has 0 aliphatic carbocycles. The maximum atomic E-state index is 11.3. The lowest BCUT2D eigenvalue weighted by Crippen LogP contribution is -2.36. The molecule has 0 fully saturated rings. The van der Waals surface area contributed by atoms with Crippen molar-refractivity contribution in [2.24, 2.45) is 5.41 Å². The van der Waals surface area contributed by atoms with Crippen molar-refractivity contribution in [3.05, 3.63) is 0 Å². The fourth-order valence-corrected chi connectivity index (χ4v) is 1.80. The fraction of sp³-hybridized carbons (Fsp3) is 0.909. The highest BCUT2D eigenvalue weighted by Gasteiger charge is 2.32. The molecule has 0 aliphatic rings. The summed E-state index contributed by atoms with van der Waals surface area (Å²) in [6.07, 6.45) is 3.11. The molecule has 0 aromatic heterocycles. The number of Topliss-reactive ketones (excluding diaryl/α,β-unsaturated/α-hetero) is 1. The molecule has 0 radical (unpaired) electrons. The van der Waals surface area contributed by atoms with Gasteiger partial charge < -0.3 is 4.74 Å². The third-order valence-electron chi connectivity index (χ3n) is 2.49. The second-order valence-corrected chi connectivity index (χ2v) is 4.32. The van der Waals surface area contributed by atoms with Crippen LogP contribution < -0.4 is 0 Å². The number of hydrogen-bond donors (Lipinski definition) is 0. The van der Waals surface area contributed by atoms with Gasteiger partial charge in [0, 0.05) is 7.11 Å². The monoisotopic (exact) mass is 186 g/mol. The minimum absolute atomic E-state index is 0.0312. The first-order valence-electron chi connectivity index (χ1n) is 4.99. The largest absolute Gasteiger partial charge is 0.373 e. The normalized spacial score (nSPS) is 14.2. The highest BCUT2D eigenvalue weighted by atomic mass is 16.5. The van der Waals surface area contributed by atoms with E-state index in [9.17, 15) is 4.79 Å². The molecule has 1 unspecified atom stereocenters. The van der Waals surface area contributed by atoms with Crippen molar-refractivity contribution in [2.45, 2.75) is 53.1 Å². The third kappa shape index (κ3) is 3.90. The quantitative estimate of drug-likeness (QED) is 0.637. The van der Waals surface area contributed by atoms with Crippen molar-refractivity contribution in [1.82, 2.24) is 0 Å².